The van der Waals surface area contributed by atoms with Gasteiger partial charge in [-0.15, -0.1) is 0 Å². The van der Waals surface area contributed by atoms with E-state index in [2.05, 4.69) is 9.97 Å². The van der Waals surface area contributed by atoms with Crippen molar-refractivity contribution in [2.45, 2.75) is 13.0 Å². The summed E-state index contributed by atoms with van der Waals surface area (Å²) in [7, 11) is 0. The number of hydrogen-bond donors (Lipinski definition) is 3. The molecule has 0 radical (unpaired) electrons. The van der Waals surface area contributed by atoms with Gasteiger partial charge in [-0.2, -0.15) is 0 Å². The molecule has 11 heavy (non-hydrogen) atoms. The Bertz CT molecular complexity index is 269. The summed E-state index contributed by atoms with van der Waals surface area (Å²) in [6, 6.07) is -1.03. The van der Waals surface area contributed by atoms with Crippen LogP contribution in [-0.2, 0) is 4.79 Å². The maximum atomic E-state index is 10.4. The standard InChI is InChI=1S/C6H9N3O2/c1-3-5(9-2-8-3)4(7)6(10)11/h2,4H,7H2,1H3,(H,8,9)(H,10,11). The van der Waals surface area contributed by atoms with E-state index in [-0.39, 0.29) is 0 Å². The van der Waals surface area contributed by atoms with Crippen LogP contribution in [0.5, 0.6) is 0 Å². The molecule has 0 fully saturated rings. The molecule has 0 saturated carbocycles. The summed E-state index contributed by atoms with van der Waals surface area (Å²) in [4.78, 5) is 16.9. The molecule has 60 valence electrons. The summed E-state index contributed by atoms with van der Waals surface area (Å²) < 4.78 is 0. The Hall–Kier alpha value is -1.36. The van der Waals surface area contributed by atoms with Crippen molar-refractivity contribution in [3.63, 3.8) is 0 Å². The normalized spacial score (nSPS) is 12.9. The topological polar surface area (TPSA) is 92.0 Å². The van der Waals surface area contributed by atoms with Crippen LogP contribution in [0.4, 0.5) is 0 Å². The lowest BCUT2D eigenvalue weighted by atomic mass is 10.2. The molecule has 5 nitrogen and oxygen atoms in total. The number of nitrogens with one attached hydrogen (secondary N) is 1. The number of carbonyl (C=O) groups is 1. The maximum absolute atomic E-state index is 10.4. The number of imidazole rings is 1. The van der Waals surface area contributed by atoms with Crippen molar-refractivity contribution in [3.8, 4) is 0 Å². The van der Waals surface area contributed by atoms with Crippen LogP contribution in [0.3, 0.4) is 0 Å². The Labute approximate surface area is 63.3 Å². The second-order valence-corrected chi connectivity index (χ2v) is 2.23. The second kappa shape index (κ2) is 2.71. The summed E-state index contributed by atoms with van der Waals surface area (Å²) in [5.74, 6) is -1.07. The highest BCUT2D eigenvalue weighted by Gasteiger charge is 2.18. The summed E-state index contributed by atoms with van der Waals surface area (Å²) in [6.07, 6.45) is 1.42. The van der Waals surface area contributed by atoms with E-state index in [0.29, 0.717) is 11.4 Å². The molecule has 1 aromatic rings. The van der Waals surface area contributed by atoms with Gasteiger partial charge in [0.2, 0.25) is 0 Å². The highest BCUT2D eigenvalue weighted by Crippen LogP contribution is 2.09. The van der Waals surface area contributed by atoms with Gasteiger partial charge < -0.3 is 15.8 Å². The fourth-order valence-electron chi connectivity index (χ4n) is 0.800. The fraction of sp³-hybridized carbons (Fsp3) is 0.333. The molecule has 1 heterocycles. The third kappa shape index (κ3) is 1.38. The van der Waals surface area contributed by atoms with Crippen molar-refractivity contribution in [1.29, 1.82) is 0 Å². The van der Waals surface area contributed by atoms with Crippen molar-refractivity contribution in [1.82, 2.24) is 9.97 Å². The van der Waals surface area contributed by atoms with Crippen molar-refractivity contribution in [2.75, 3.05) is 0 Å². The summed E-state index contributed by atoms with van der Waals surface area (Å²) >= 11 is 0. The van der Waals surface area contributed by atoms with Gasteiger partial charge in [0, 0.05) is 5.69 Å². The number of carboxylic acids is 1. The van der Waals surface area contributed by atoms with Gasteiger partial charge in [-0.1, -0.05) is 0 Å². The van der Waals surface area contributed by atoms with Gasteiger partial charge in [0.1, 0.15) is 6.04 Å². The predicted octanol–water partition coefficient (Wildman–Crippen LogP) is -0.197. The number of aromatic amines is 1. The number of nitrogens with two attached hydrogens (primary N) is 1. The highest BCUT2D eigenvalue weighted by molar-refractivity contribution is 5.74. The van der Waals surface area contributed by atoms with Gasteiger partial charge in [0.25, 0.3) is 0 Å². The lowest BCUT2D eigenvalue weighted by molar-refractivity contribution is -0.138. The first kappa shape index (κ1) is 7.74. The van der Waals surface area contributed by atoms with Crippen LogP contribution in [0.1, 0.15) is 17.4 Å². The minimum absolute atomic E-state index is 0.387. The minimum Gasteiger partial charge on any atom is -0.480 e. The van der Waals surface area contributed by atoms with E-state index in [1.165, 1.54) is 6.33 Å². The van der Waals surface area contributed by atoms with Crippen molar-refractivity contribution >= 4 is 5.97 Å². The van der Waals surface area contributed by atoms with Gasteiger partial charge in [0.05, 0.1) is 12.0 Å². The zero-order valence-electron chi connectivity index (χ0n) is 6.03. The van der Waals surface area contributed by atoms with E-state index in [1.807, 2.05) is 0 Å². The first-order valence-corrected chi connectivity index (χ1v) is 3.11. The molecule has 0 aliphatic carbocycles. The lowest BCUT2D eigenvalue weighted by Gasteiger charge is -2.02. The van der Waals surface area contributed by atoms with Crippen LogP contribution < -0.4 is 5.73 Å². The quantitative estimate of drug-likeness (QED) is 0.551. The number of hydrogen-bond acceptors (Lipinski definition) is 3. The number of aryl methyl sites for hydroxylation is 1. The Morgan fingerprint density at radius 2 is 2.55 bits per heavy atom. The Balaban J connectivity index is 2.92. The molecule has 5 heteroatoms. The van der Waals surface area contributed by atoms with Crippen LogP contribution in [0.2, 0.25) is 0 Å². The molecule has 1 aromatic heterocycles. The first-order chi connectivity index (χ1) is 5.13. The molecule has 0 aromatic carbocycles. The van der Waals surface area contributed by atoms with E-state index in [0.717, 1.165) is 0 Å². The average molecular weight is 155 g/mol. The zero-order valence-corrected chi connectivity index (χ0v) is 6.03. The summed E-state index contributed by atoms with van der Waals surface area (Å²) in [5.41, 5.74) is 6.38. The molecule has 0 aliphatic heterocycles. The first-order valence-electron chi connectivity index (χ1n) is 3.11. The smallest absolute Gasteiger partial charge is 0.326 e. The van der Waals surface area contributed by atoms with Crippen LogP contribution >= 0.6 is 0 Å². The van der Waals surface area contributed by atoms with E-state index in [9.17, 15) is 4.79 Å². The molecular formula is C6H9N3O2. The van der Waals surface area contributed by atoms with Gasteiger partial charge in [-0.3, -0.25) is 4.79 Å². The average Bonchev–Trinajstić information content (AvgIpc) is 2.33. The molecule has 0 bridgehead atoms. The predicted molar refractivity (Wildman–Crippen MR) is 37.9 cm³/mol. The van der Waals surface area contributed by atoms with Crippen LogP contribution in [0.25, 0.3) is 0 Å². The molecule has 1 rings (SSSR count). The third-order valence-electron chi connectivity index (χ3n) is 1.43. The van der Waals surface area contributed by atoms with Gasteiger partial charge in [-0.05, 0) is 6.92 Å². The van der Waals surface area contributed by atoms with Crippen molar-refractivity contribution in [3.05, 3.63) is 17.7 Å². The molecule has 0 amide bonds. The number of aromatic nitrogens is 2. The van der Waals surface area contributed by atoms with Crippen LogP contribution in [0.15, 0.2) is 6.33 Å². The number of aliphatic carboxylic acids is 1. The number of H-pyrrole nitrogens is 1. The van der Waals surface area contributed by atoms with Crippen LogP contribution in [-0.4, -0.2) is 21.0 Å². The second-order valence-electron chi connectivity index (χ2n) is 2.23. The Morgan fingerprint density at radius 1 is 1.91 bits per heavy atom. The third-order valence-corrected chi connectivity index (χ3v) is 1.43. The molecule has 0 saturated heterocycles. The molecular weight excluding hydrogens is 146 g/mol. The largest absolute Gasteiger partial charge is 0.480 e. The summed E-state index contributed by atoms with van der Waals surface area (Å²) in [5, 5.41) is 8.50. The molecule has 0 spiro atoms. The SMILES string of the molecule is Cc1[nH]cnc1C(N)C(=O)O. The zero-order chi connectivity index (χ0) is 8.43. The van der Waals surface area contributed by atoms with E-state index < -0.39 is 12.0 Å². The maximum Gasteiger partial charge on any atom is 0.326 e. The molecule has 1 unspecified atom stereocenters. The molecule has 4 N–H and O–H groups in total. The Kier molecular flexibility index (Phi) is 1.91. The van der Waals surface area contributed by atoms with E-state index >= 15 is 0 Å². The van der Waals surface area contributed by atoms with Crippen LogP contribution in [0, 0.1) is 6.92 Å². The lowest BCUT2D eigenvalue weighted by Crippen LogP contribution is -2.21. The summed E-state index contributed by atoms with van der Waals surface area (Å²) in [6.45, 7) is 1.73. The monoisotopic (exact) mass is 155 g/mol. The van der Waals surface area contributed by atoms with Gasteiger partial charge in [0.15, 0.2) is 0 Å². The number of carboxylic acid groups (broad SMARTS) is 1. The molecule has 0 aliphatic rings. The number of nitrogens with zero attached hydrogens (tertiary/aromatic N) is 1. The van der Waals surface area contributed by atoms with Crippen molar-refractivity contribution in [2.24, 2.45) is 5.73 Å². The molecule has 1 atom stereocenters. The minimum atomic E-state index is -1.07. The van der Waals surface area contributed by atoms with Gasteiger partial charge >= 0.3 is 5.97 Å². The fourth-order valence-corrected chi connectivity index (χ4v) is 0.800. The van der Waals surface area contributed by atoms with Gasteiger partial charge in [-0.25, -0.2) is 4.98 Å². The van der Waals surface area contributed by atoms with E-state index in [4.69, 9.17) is 10.8 Å². The number of rotatable bonds is 2. The van der Waals surface area contributed by atoms with E-state index in [1.54, 1.807) is 6.92 Å². The Morgan fingerprint density at radius 3 is 2.91 bits per heavy atom. The van der Waals surface area contributed by atoms with Crippen molar-refractivity contribution < 1.29 is 9.90 Å². The highest BCUT2D eigenvalue weighted by atomic mass is 16.4.